The molecule has 3 heterocycles. The molecular formula is C29H32N6S. The second-order valence-corrected chi connectivity index (χ2v) is 9.57. The number of thiocarbonyl (C=S) groups is 1. The van der Waals surface area contributed by atoms with Crippen molar-refractivity contribution in [2.45, 2.75) is 18.5 Å². The van der Waals surface area contributed by atoms with Crippen LogP contribution in [0.25, 0.3) is 5.69 Å². The maximum Gasteiger partial charge on any atom is 0.170 e. The molecule has 0 spiro atoms. The lowest BCUT2D eigenvalue weighted by molar-refractivity contribution is 0.307. The van der Waals surface area contributed by atoms with Crippen molar-refractivity contribution in [2.24, 2.45) is 0 Å². The molecule has 6 nitrogen and oxygen atoms in total. The molecule has 7 heteroatoms. The SMILES string of the molecule is CN(C)c1ccc(-n2cccc2C2C(c3ccccn3)NC(=S)N2CCCNc2ccccc2)cc1. The summed E-state index contributed by atoms with van der Waals surface area (Å²) in [6, 6.07) is 29.3. The number of para-hydroxylation sites is 1. The molecule has 0 radical (unpaired) electrons. The van der Waals surface area contributed by atoms with Crippen LogP contribution in [0.3, 0.4) is 0 Å². The number of nitrogens with zero attached hydrogens (tertiary/aromatic N) is 4. The highest BCUT2D eigenvalue weighted by Crippen LogP contribution is 2.39. The number of aromatic nitrogens is 2. The van der Waals surface area contributed by atoms with Gasteiger partial charge in [0, 0.05) is 62.3 Å². The molecule has 1 aliphatic heterocycles. The first-order valence-corrected chi connectivity index (χ1v) is 12.7. The molecule has 2 unspecified atom stereocenters. The van der Waals surface area contributed by atoms with E-state index in [1.807, 2.05) is 24.4 Å². The summed E-state index contributed by atoms with van der Waals surface area (Å²) < 4.78 is 2.27. The topological polar surface area (TPSA) is 48.4 Å². The zero-order valence-corrected chi connectivity index (χ0v) is 21.5. The van der Waals surface area contributed by atoms with Gasteiger partial charge in [-0.2, -0.15) is 0 Å². The summed E-state index contributed by atoms with van der Waals surface area (Å²) in [6.07, 6.45) is 4.94. The van der Waals surface area contributed by atoms with E-state index < -0.39 is 0 Å². The number of nitrogens with one attached hydrogen (secondary N) is 2. The Labute approximate surface area is 218 Å². The Morgan fingerprint density at radius 2 is 1.72 bits per heavy atom. The van der Waals surface area contributed by atoms with E-state index >= 15 is 0 Å². The van der Waals surface area contributed by atoms with Crippen molar-refractivity contribution in [3.05, 3.63) is 109 Å². The number of pyridine rings is 1. The first kappa shape index (κ1) is 23.9. The van der Waals surface area contributed by atoms with Crippen LogP contribution in [0.1, 0.15) is 29.9 Å². The molecule has 5 rings (SSSR count). The van der Waals surface area contributed by atoms with Crippen LogP contribution in [0.5, 0.6) is 0 Å². The molecular weight excluding hydrogens is 464 g/mol. The van der Waals surface area contributed by atoms with E-state index in [-0.39, 0.29) is 12.1 Å². The third-order valence-corrected chi connectivity index (χ3v) is 6.96. The monoisotopic (exact) mass is 496 g/mol. The van der Waals surface area contributed by atoms with Crippen molar-refractivity contribution < 1.29 is 0 Å². The molecule has 2 aromatic heterocycles. The smallest absolute Gasteiger partial charge is 0.170 e. The van der Waals surface area contributed by atoms with Crippen LogP contribution in [0.4, 0.5) is 11.4 Å². The van der Waals surface area contributed by atoms with E-state index in [9.17, 15) is 0 Å². The van der Waals surface area contributed by atoms with Crippen LogP contribution in [-0.4, -0.2) is 46.7 Å². The number of benzene rings is 2. The van der Waals surface area contributed by atoms with Crippen molar-refractivity contribution in [3.63, 3.8) is 0 Å². The number of rotatable bonds is 9. The highest BCUT2D eigenvalue weighted by atomic mass is 32.1. The van der Waals surface area contributed by atoms with Crippen LogP contribution >= 0.6 is 12.2 Å². The lowest BCUT2D eigenvalue weighted by Gasteiger charge is -2.29. The minimum Gasteiger partial charge on any atom is -0.385 e. The molecule has 2 atom stereocenters. The molecule has 0 saturated carbocycles. The number of anilines is 2. The second-order valence-electron chi connectivity index (χ2n) is 9.18. The molecule has 2 N–H and O–H groups in total. The van der Waals surface area contributed by atoms with E-state index in [1.54, 1.807) is 0 Å². The molecule has 1 aliphatic rings. The maximum absolute atomic E-state index is 5.87. The van der Waals surface area contributed by atoms with Crippen molar-refractivity contribution in [2.75, 3.05) is 37.4 Å². The third-order valence-electron chi connectivity index (χ3n) is 6.60. The zero-order valence-electron chi connectivity index (χ0n) is 20.7. The van der Waals surface area contributed by atoms with Gasteiger partial charge in [-0.05, 0) is 79.3 Å². The molecule has 1 saturated heterocycles. The highest BCUT2D eigenvalue weighted by Gasteiger charge is 2.40. The van der Waals surface area contributed by atoms with Crippen molar-refractivity contribution in [3.8, 4) is 5.69 Å². The van der Waals surface area contributed by atoms with E-state index in [0.717, 1.165) is 41.7 Å². The predicted molar refractivity (Wildman–Crippen MR) is 152 cm³/mol. The summed E-state index contributed by atoms with van der Waals surface area (Å²) >= 11 is 5.87. The first-order valence-electron chi connectivity index (χ1n) is 12.3. The summed E-state index contributed by atoms with van der Waals surface area (Å²) in [4.78, 5) is 9.12. The Balaban J connectivity index is 1.42. The van der Waals surface area contributed by atoms with Gasteiger partial charge in [0.25, 0.3) is 0 Å². The van der Waals surface area contributed by atoms with E-state index in [2.05, 4.69) is 117 Å². The van der Waals surface area contributed by atoms with E-state index in [0.29, 0.717) is 0 Å². The average Bonchev–Trinajstić information content (AvgIpc) is 3.52. The van der Waals surface area contributed by atoms with Gasteiger partial charge in [-0.3, -0.25) is 4.98 Å². The molecule has 1 fully saturated rings. The molecule has 0 bridgehead atoms. The fraction of sp³-hybridized carbons (Fsp3) is 0.241. The van der Waals surface area contributed by atoms with Gasteiger partial charge in [-0.15, -0.1) is 0 Å². The van der Waals surface area contributed by atoms with E-state index in [1.165, 1.54) is 11.4 Å². The fourth-order valence-electron chi connectivity index (χ4n) is 4.79. The van der Waals surface area contributed by atoms with Gasteiger partial charge in [-0.25, -0.2) is 0 Å². The largest absolute Gasteiger partial charge is 0.385 e. The quantitative estimate of drug-likeness (QED) is 0.239. The van der Waals surface area contributed by atoms with Gasteiger partial charge in [0.05, 0.1) is 17.8 Å². The molecule has 0 aliphatic carbocycles. The fourth-order valence-corrected chi connectivity index (χ4v) is 5.12. The van der Waals surface area contributed by atoms with Gasteiger partial charge in [0.2, 0.25) is 0 Å². The van der Waals surface area contributed by atoms with Gasteiger partial charge in [0.1, 0.15) is 0 Å². The minimum absolute atomic E-state index is 0.0210. The summed E-state index contributed by atoms with van der Waals surface area (Å²) in [6.45, 7) is 1.71. The maximum atomic E-state index is 5.87. The molecule has 36 heavy (non-hydrogen) atoms. The Bertz CT molecular complexity index is 1270. The van der Waals surface area contributed by atoms with E-state index in [4.69, 9.17) is 12.2 Å². The molecule has 4 aromatic rings. The summed E-state index contributed by atoms with van der Waals surface area (Å²) in [5.41, 5.74) is 5.62. The normalized spacial score (nSPS) is 17.2. The number of hydrogen-bond acceptors (Lipinski definition) is 4. The Morgan fingerprint density at radius 3 is 2.44 bits per heavy atom. The van der Waals surface area contributed by atoms with Crippen LogP contribution in [0.15, 0.2) is 97.3 Å². The van der Waals surface area contributed by atoms with Gasteiger partial charge >= 0.3 is 0 Å². The van der Waals surface area contributed by atoms with Crippen LogP contribution in [0, 0.1) is 0 Å². The first-order chi connectivity index (χ1) is 17.6. The summed E-state index contributed by atoms with van der Waals surface area (Å²) in [5.74, 6) is 0. The van der Waals surface area contributed by atoms with Gasteiger partial charge in [0.15, 0.2) is 5.11 Å². The third kappa shape index (κ3) is 5.06. The average molecular weight is 497 g/mol. The molecule has 184 valence electrons. The predicted octanol–water partition coefficient (Wildman–Crippen LogP) is 5.41. The Morgan fingerprint density at radius 1 is 0.944 bits per heavy atom. The van der Waals surface area contributed by atoms with Crippen LogP contribution < -0.4 is 15.5 Å². The standard InChI is InChI=1S/C29H32N6S/c1-33(2)23-14-16-24(17-15-23)34-20-8-13-26(34)28-27(25-12-6-7-18-31-25)32-29(36)35(28)21-9-19-30-22-10-4-3-5-11-22/h3-8,10-18,20,27-28,30H,9,19,21H2,1-2H3,(H,32,36). The zero-order chi connectivity index (χ0) is 24.9. The summed E-state index contributed by atoms with van der Waals surface area (Å²) in [5, 5.41) is 7.86. The lowest BCUT2D eigenvalue weighted by Crippen LogP contribution is -2.32. The molecule has 2 aromatic carbocycles. The lowest BCUT2D eigenvalue weighted by atomic mass is 10.0. The Hall–Kier alpha value is -3.84. The minimum atomic E-state index is -0.0320. The van der Waals surface area contributed by atoms with Crippen LogP contribution in [0.2, 0.25) is 0 Å². The number of hydrogen-bond donors (Lipinski definition) is 2. The molecule has 0 amide bonds. The summed E-state index contributed by atoms with van der Waals surface area (Å²) in [7, 11) is 4.12. The van der Waals surface area contributed by atoms with Crippen molar-refractivity contribution >= 4 is 28.7 Å². The van der Waals surface area contributed by atoms with Crippen molar-refractivity contribution in [1.29, 1.82) is 0 Å². The Kier molecular flexibility index (Phi) is 7.18. The van der Waals surface area contributed by atoms with Crippen LogP contribution in [-0.2, 0) is 0 Å². The van der Waals surface area contributed by atoms with Gasteiger partial charge < -0.3 is 25.0 Å². The second kappa shape index (κ2) is 10.8. The highest BCUT2D eigenvalue weighted by molar-refractivity contribution is 7.80. The van der Waals surface area contributed by atoms with Gasteiger partial charge in [-0.1, -0.05) is 24.3 Å². The van der Waals surface area contributed by atoms with Crippen molar-refractivity contribution in [1.82, 2.24) is 19.8 Å².